The second kappa shape index (κ2) is 7.14. The monoisotopic (exact) mass is 326 g/mol. The highest BCUT2D eigenvalue weighted by Gasteiger charge is 2.31. The van der Waals surface area contributed by atoms with E-state index in [-0.39, 0.29) is 6.04 Å². The van der Waals surface area contributed by atoms with Gasteiger partial charge in [0.1, 0.15) is 0 Å². The summed E-state index contributed by atoms with van der Waals surface area (Å²) in [6.45, 7) is 5.40. The molecular weight excluding hydrogens is 300 g/mol. The van der Waals surface area contributed by atoms with Crippen LogP contribution < -0.4 is 20.1 Å². The molecule has 0 spiro atoms. The third kappa shape index (κ3) is 2.94. The van der Waals surface area contributed by atoms with E-state index in [9.17, 15) is 0 Å². The summed E-state index contributed by atoms with van der Waals surface area (Å²) in [7, 11) is 1.66. The number of methoxy groups -OCH3 is 1. The Hall–Kier alpha value is -2.20. The third-order valence-corrected chi connectivity index (χ3v) is 4.69. The quantitative estimate of drug-likeness (QED) is 0.882. The van der Waals surface area contributed by atoms with Gasteiger partial charge in [0.2, 0.25) is 0 Å². The van der Waals surface area contributed by atoms with Crippen molar-refractivity contribution in [3.8, 4) is 11.5 Å². The van der Waals surface area contributed by atoms with Crippen molar-refractivity contribution < 1.29 is 9.47 Å². The van der Waals surface area contributed by atoms with Crippen LogP contribution >= 0.6 is 0 Å². The van der Waals surface area contributed by atoms with Gasteiger partial charge in [-0.1, -0.05) is 24.3 Å². The molecule has 2 aromatic rings. The van der Waals surface area contributed by atoms with Crippen molar-refractivity contribution in [1.29, 1.82) is 0 Å². The van der Waals surface area contributed by atoms with Gasteiger partial charge in [-0.05, 0) is 49.6 Å². The third-order valence-electron chi connectivity index (χ3n) is 4.69. The molecule has 4 nitrogen and oxygen atoms in total. The predicted molar refractivity (Wildman–Crippen MR) is 98.0 cm³/mol. The van der Waals surface area contributed by atoms with Gasteiger partial charge in [0, 0.05) is 18.3 Å². The number of hydrogen-bond donors (Lipinski definition) is 1. The molecule has 0 fully saturated rings. The number of nitrogens with zero attached hydrogens (tertiary/aromatic N) is 1. The van der Waals surface area contributed by atoms with E-state index in [1.807, 2.05) is 13.0 Å². The Kier molecular flexibility index (Phi) is 4.95. The molecule has 24 heavy (non-hydrogen) atoms. The topological polar surface area (TPSA) is 47.7 Å². The van der Waals surface area contributed by atoms with E-state index in [4.69, 9.17) is 15.2 Å². The van der Waals surface area contributed by atoms with Crippen LogP contribution in [0.3, 0.4) is 0 Å². The molecule has 0 aromatic heterocycles. The van der Waals surface area contributed by atoms with Gasteiger partial charge in [-0.15, -0.1) is 0 Å². The minimum Gasteiger partial charge on any atom is -0.493 e. The van der Waals surface area contributed by atoms with Crippen molar-refractivity contribution in [3.05, 3.63) is 53.6 Å². The van der Waals surface area contributed by atoms with Crippen molar-refractivity contribution in [2.75, 3.05) is 25.2 Å². The summed E-state index contributed by atoms with van der Waals surface area (Å²) in [5.41, 5.74) is 10.0. The van der Waals surface area contributed by atoms with E-state index in [2.05, 4.69) is 48.2 Å². The van der Waals surface area contributed by atoms with Gasteiger partial charge < -0.3 is 20.1 Å². The predicted octanol–water partition coefficient (Wildman–Crippen LogP) is 3.54. The number of para-hydroxylation sites is 1. The first kappa shape index (κ1) is 16.7. The Morgan fingerprint density at radius 3 is 2.71 bits per heavy atom. The summed E-state index contributed by atoms with van der Waals surface area (Å²) in [5.74, 6) is 1.53. The van der Waals surface area contributed by atoms with Crippen LogP contribution in [0.15, 0.2) is 42.5 Å². The average Bonchev–Trinajstić information content (AvgIpc) is 2.93. The smallest absolute Gasteiger partial charge is 0.161 e. The highest BCUT2D eigenvalue weighted by Crippen LogP contribution is 2.40. The van der Waals surface area contributed by atoms with Crippen LogP contribution in [-0.4, -0.2) is 26.3 Å². The summed E-state index contributed by atoms with van der Waals surface area (Å²) in [5, 5.41) is 0. The van der Waals surface area contributed by atoms with E-state index < -0.39 is 0 Å². The molecule has 3 rings (SSSR count). The number of fused-ring (bicyclic) bond motifs is 1. The Labute approximate surface area is 144 Å². The zero-order valence-electron chi connectivity index (χ0n) is 14.7. The summed E-state index contributed by atoms with van der Waals surface area (Å²) < 4.78 is 11.1. The van der Waals surface area contributed by atoms with E-state index in [1.54, 1.807) is 7.11 Å². The number of nitrogens with two attached hydrogens (primary N) is 1. The number of hydrogen-bond acceptors (Lipinski definition) is 4. The molecule has 0 amide bonds. The molecule has 1 heterocycles. The van der Waals surface area contributed by atoms with Crippen LogP contribution in [-0.2, 0) is 6.42 Å². The van der Waals surface area contributed by atoms with Crippen molar-refractivity contribution in [1.82, 2.24) is 0 Å². The number of benzene rings is 2. The lowest BCUT2D eigenvalue weighted by atomic mass is 10.0. The van der Waals surface area contributed by atoms with E-state index in [1.165, 1.54) is 11.3 Å². The highest BCUT2D eigenvalue weighted by atomic mass is 16.5. The van der Waals surface area contributed by atoms with Gasteiger partial charge >= 0.3 is 0 Å². The molecule has 128 valence electrons. The molecule has 0 bridgehead atoms. The second-order valence-corrected chi connectivity index (χ2v) is 6.18. The molecule has 0 saturated heterocycles. The summed E-state index contributed by atoms with van der Waals surface area (Å²) in [6, 6.07) is 15.3. The maximum Gasteiger partial charge on any atom is 0.161 e. The fourth-order valence-corrected chi connectivity index (χ4v) is 3.64. The fraction of sp³-hybridized carbons (Fsp3) is 0.400. The lowest BCUT2D eigenvalue weighted by Gasteiger charge is -2.34. The first-order chi connectivity index (χ1) is 11.7. The largest absolute Gasteiger partial charge is 0.493 e. The van der Waals surface area contributed by atoms with Crippen molar-refractivity contribution in [3.63, 3.8) is 0 Å². The first-order valence-electron chi connectivity index (χ1n) is 8.56. The van der Waals surface area contributed by atoms with Crippen molar-refractivity contribution >= 4 is 5.69 Å². The minimum absolute atomic E-state index is 0.119. The van der Waals surface area contributed by atoms with Crippen LogP contribution in [0.1, 0.15) is 31.0 Å². The van der Waals surface area contributed by atoms with Crippen molar-refractivity contribution in [2.24, 2.45) is 5.73 Å². The van der Waals surface area contributed by atoms with Crippen LogP contribution in [0.25, 0.3) is 0 Å². The molecule has 0 aliphatic carbocycles. The zero-order valence-corrected chi connectivity index (χ0v) is 14.7. The van der Waals surface area contributed by atoms with Gasteiger partial charge in [0.15, 0.2) is 11.5 Å². The summed E-state index contributed by atoms with van der Waals surface area (Å²) in [6.07, 6.45) is 1.06. The normalized spacial score (nSPS) is 17.5. The summed E-state index contributed by atoms with van der Waals surface area (Å²) in [4.78, 5) is 2.44. The van der Waals surface area contributed by atoms with Crippen molar-refractivity contribution in [2.45, 2.75) is 32.4 Å². The Morgan fingerprint density at radius 1 is 1.21 bits per heavy atom. The van der Waals surface area contributed by atoms with E-state index in [0.717, 1.165) is 23.5 Å². The number of ether oxygens (including phenoxy) is 2. The second-order valence-electron chi connectivity index (χ2n) is 6.18. The van der Waals surface area contributed by atoms with Crippen LogP contribution in [0.4, 0.5) is 5.69 Å². The number of anilines is 1. The van der Waals surface area contributed by atoms with Gasteiger partial charge in [-0.25, -0.2) is 0 Å². The zero-order chi connectivity index (χ0) is 17.1. The van der Waals surface area contributed by atoms with Gasteiger partial charge in [0.25, 0.3) is 0 Å². The molecule has 2 N–H and O–H groups in total. The highest BCUT2D eigenvalue weighted by molar-refractivity contribution is 5.61. The number of rotatable bonds is 6. The van der Waals surface area contributed by atoms with Crippen LogP contribution in [0.2, 0.25) is 0 Å². The van der Waals surface area contributed by atoms with Crippen LogP contribution in [0, 0.1) is 0 Å². The Bertz CT molecular complexity index is 702. The SMILES string of the molecule is CCOc1cc(C(CN)N2c3ccccc3CC2C)ccc1OC. The molecular formula is C20H26N2O2. The Balaban J connectivity index is 1.99. The maximum absolute atomic E-state index is 6.18. The maximum atomic E-state index is 6.18. The minimum atomic E-state index is 0.119. The lowest BCUT2D eigenvalue weighted by molar-refractivity contribution is 0.310. The van der Waals surface area contributed by atoms with Gasteiger partial charge in [-0.3, -0.25) is 0 Å². The lowest BCUT2D eigenvalue weighted by Crippen LogP contribution is -2.37. The van der Waals surface area contributed by atoms with E-state index >= 15 is 0 Å². The fourth-order valence-electron chi connectivity index (χ4n) is 3.64. The average molecular weight is 326 g/mol. The molecule has 4 heteroatoms. The molecule has 2 unspecified atom stereocenters. The molecule has 1 aliphatic rings. The van der Waals surface area contributed by atoms with Gasteiger partial charge in [0.05, 0.1) is 19.8 Å². The summed E-state index contributed by atoms with van der Waals surface area (Å²) >= 11 is 0. The van der Waals surface area contributed by atoms with Crippen LogP contribution in [0.5, 0.6) is 11.5 Å². The van der Waals surface area contributed by atoms with E-state index in [0.29, 0.717) is 19.2 Å². The van der Waals surface area contributed by atoms with Gasteiger partial charge in [-0.2, -0.15) is 0 Å². The first-order valence-corrected chi connectivity index (χ1v) is 8.56. The molecule has 2 aromatic carbocycles. The Morgan fingerprint density at radius 2 is 2.00 bits per heavy atom. The molecule has 1 aliphatic heterocycles. The standard InChI is InChI=1S/C20H26N2O2/c1-4-24-20-12-16(9-10-19(20)23-3)18(13-21)22-14(2)11-15-7-5-6-8-17(15)22/h5-10,12,14,18H,4,11,13,21H2,1-3H3. The molecule has 2 atom stereocenters. The molecule has 0 saturated carbocycles. The molecule has 0 radical (unpaired) electrons.